The second-order valence-electron chi connectivity index (χ2n) is 5.40. The summed E-state index contributed by atoms with van der Waals surface area (Å²) in [6.07, 6.45) is 1.79. The van der Waals surface area contributed by atoms with Crippen molar-refractivity contribution < 1.29 is 10.2 Å². The largest absolute Gasteiger partial charge is 0.508 e. The molecule has 0 aliphatic carbocycles. The summed E-state index contributed by atoms with van der Waals surface area (Å²) >= 11 is 12.6. The number of rotatable bonds is 3. The van der Waals surface area contributed by atoms with Crippen LogP contribution >= 0.6 is 23.2 Å². The third-order valence-electron chi connectivity index (χ3n) is 4.00. The van der Waals surface area contributed by atoms with Crippen LogP contribution in [0.3, 0.4) is 0 Å². The Morgan fingerprint density at radius 3 is 2.09 bits per heavy atom. The van der Waals surface area contributed by atoms with E-state index in [1.807, 2.05) is 6.92 Å². The molecule has 0 aromatic heterocycles. The molecule has 23 heavy (non-hydrogen) atoms. The van der Waals surface area contributed by atoms with Crippen LogP contribution in [-0.2, 0) is 0 Å². The first-order valence-corrected chi connectivity index (χ1v) is 8.02. The second-order valence-corrected chi connectivity index (χ2v) is 6.21. The molecule has 4 nitrogen and oxygen atoms in total. The van der Waals surface area contributed by atoms with Gasteiger partial charge in [0.25, 0.3) is 0 Å². The highest BCUT2D eigenvalue weighted by Gasteiger charge is 2.35. The van der Waals surface area contributed by atoms with Gasteiger partial charge in [-0.3, -0.25) is 4.99 Å². The van der Waals surface area contributed by atoms with Crippen LogP contribution in [0.15, 0.2) is 41.4 Å². The molecular formula is C17H16Cl2N2O2. The lowest BCUT2D eigenvalue weighted by molar-refractivity contribution is 0.330. The average molecular weight is 351 g/mol. The third kappa shape index (κ3) is 2.96. The highest BCUT2D eigenvalue weighted by atomic mass is 35.5. The summed E-state index contributed by atoms with van der Waals surface area (Å²) in [7, 11) is 0. The van der Waals surface area contributed by atoms with Gasteiger partial charge in [-0.15, -0.1) is 0 Å². The minimum atomic E-state index is -0.231. The van der Waals surface area contributed by atoms with Crippen LogP contribution < -0.4 is 0 Å². The van der Waals surface area contributed by atoms with Gasteiger partial charge in [0.05, 0.1) is 12.4 Å². The first-order valence-electron chi connectivity index (χ1n) is 7.27. The molecule has 0 saturated carbocycles. The molecule has 2 aromatic rings. The Hall–Kier alpha value is -1.91. The maximum absolute atomic E-state index is 9.58. The van der Waals surface area contributed by atoms with Crippen molar-refractivity contribution in [2.45, 2.75) is 19.0 Å². The maximum Gasteiger partial charge on any atom is 0.117 e. The van der Waals surface area contributed by atoms with Crippen LogP contribution in [0.25, 0.3) is 0 Å². The van der Waals surface area contributed by atoms with E-state index in [0.717, 1.165) is 17.7 Å². The van der Waals surface area contributed by atoms with Crippen LogP contribution in [0.2, 0.25) is 10.0 Å². The normalized spacial score (nSPS) is 20.2. The molecule has 120 valence electrons. The SMILES string of the molecule is CCN1C=NC(c2ccc(O)cc2Cl)C1c1ccc(O)cc1Cl. The van der Waals surface area contributed by atoms with Gasteiger partial charge in [-0.05, 0) is 42.3 Å². The van der Waals surface area contributed by atoms with Gasteiger partial charge in [-0.2, -0.15) is 0 Å². The van der Waals surface area contributed by atoms with Gasteiger partial charge in [0, 0.05) is 16.6 Å². The molecule has 6 heteroatoms. The number of benzene rings is 2. The van der Waals surface area contributed by atoms with Gasteiger partial charge in [0.2, 0.25) is 0 Å². The first kappa shape index (κ1) is 16.0. The summed E-state index contributed by atoms with van der Waals surface area (Å²) in [5.74, 6) is 0.243. The monoisotopic (exact) mass is 350 g/mol. The summed E-state index contributed by atoms with van der Waals surface area (Å²) in [6, 6.07) is 9.49. The van der Waals surface area contributed by atoms with Gasteiger partial charge in [-0.25, -0.2) is 0 Å². The zero-order valence-corrected chi connectivity index (χ0v) is 14.0. The van der Waals surface area contributed by atoms with E-state index in [1.165, 1.54) is 12.1 Å². The number of phenolic OH excluding ortho intramolecular Hbond substituents is 2. The van der Waals surface area contributed by atoms with E-state index in [-0.39, 0.29) is 23.6 Å². The quantitative estimate of drug-likeness (QED) is 0.853. The number of hydrogen-bond donors (Lipinski definition) is 2. The molecule has 3 rings (SSSR count). The number of likely N-dealkylation sites (N-methyl/N-ethyl adjacent to an activating group) is 1. The molecule has 2 aromatic carbocycles. The van der Waals surface area contributed by atoms with Crippen LogP contribution in [-0.4, -0.2) is 28.0 Å². The van der Waals surface area contributed by atoms with E-state index in [9.17, 15) is 10.2 Å². The van der Waals surface area contributed by atoms with Crippen LogP contribution in [0.1, 0.15) is 30.1 Å². The Bertz CT molecular complexity index is 764. The van der Waals surface area contributed by atoms with Crippen molar-refractivity contribution in [1.82, 2.24) is 4.90 Å². The number of aromatic hydroxyl groups is 2. The fourth-order valence-corrected chi connectivity index (χ4v) is 3.45. The molecular weight excluding hydrogens is 335 g/mol. The Balaban J connectivity index is 2.07. The maximum atomic E-state index is 9.58. The molecule has 2 N–H and O–H groups in total. The molecule has 1 aliphatic heterocycles. The highest BCUT2D eigenvalue weighted by Crippen LogP contribution is 2.45. The van der Waals surface area contributed by atoms with Gasteiger partial charge in [-0.1, -0.05) is 35.3 Å². The number of halogens is 2. The Morgan fingerprint density at radius 2 is 1.57 bits per heavy atom. The van der Waals surface area contributed by atoms with Crippen LogP contribution in [0.4, 0.5) is 0 Å². The fourth-order valence-electron chi connectivity index (χ4n) is 2.88. The minimum absolute atomic E-state index is 0.116. The molecule has 2 unspecified atom stereocenters. The summed E-state index contributed by atoms with van der Waals surface area (Å²) < 4.78 is 0. The lowest BCUT2D eigenvalue weighted by atomic mass is 9.93. The van der Waals surface area contributed by atoms with E-state index < -0.39 is 0 Å². The highest BCUT2D eigenvalue weighted by molar-refractivity contribution is 6.32. The van der Waals surface area contributed by atoms with Crippen molar-refractivity contribution in [3.63, 3.8) is 0 Å². The molecule has 1 heterocycles. The lowest BCUT2D eigenvalue weighted by Gasteiger charge is -2.29. The molecule has 0 radical (unpaired) electrons. The Kier molecular flexibility index (Phi) is 4.37. The molecule has 0 fully saturated rings. The summed E-state index contributed by atoms with van der Waals surface area (Å²) in [5.41, 5.74) is 1.70. The summed E-state index contributed by atoms with van der Waals surface area (Å²) in [6.45, 7) is 2.80. The molecule has 0 bridgehead atoms. The van der Waals surface area contributed by atoms with Crippen molar-refractivity contribution in [2.24, 2.45) is 4.99 Å². The van der Waals surface area contributed by atoms with E-state index in [0.29, 0.717) is 10.0 Å². The van der Waals surface area contributed by atoms with Crippen molar-refractivity contribution in [3.05, 3.63) is 57.6 Å². The molecule has 0 spiro atoms. The topological polar surface area (TPSA) is 56.1 Å². The zero-order chi connectivity index (χ0) is 16.6. The standard InChI is InChI=1S/C17H16Cl2N2O2/c1-2-21-9-20-16(12-5-3-10(22)7-14(12)18)17(21)13-6-4-11(23)8-15(13)19/h3-9,16-17,22-23H,2H2,1H3. The van der Waals surface area contributed by atoms with Crippen molar-refractivity contribution >= 4 is 29.5 Å². The summed E-state index contributed by atoms with van der Waals surface area (Å²) in [4.78, 5) is 6.66. The van der Waals surface area contributed by atoms with E-state index in [4.69, 9.17) is 23.2 Å². The molecule has 1 aliphatic rings. The van der Waals surface area contributed by atoms with Crippen molar-refractivity contribution in [1.29, 1.82) is 0 Å². The van der Waals surface area contributed by atoms with E-state index >= 15 is 0 Å². The van der Waals surface area contributed by atoms with E-state index in [2.05, 4.69) is 9.89 Å². The van der Waals surface area contributed by atoms with Crippen molar-refractivity contribution in [3.8, 4) is 11.5 Å². The Morgan fingerprint density at radius 1 is 1.00 bits per heavy atom. The molecule has 0 amide bonds. The van der Waals surface area contributed by atoms with E-state index in [1.54, 1.807) is 30.6 Å². The number of phenols is 2. The fraction of sp³-hybridized carbons (Fsp3) is 0.235. The number of aliphatic imine (C=N–C) groups is 1. The number of hydrogen-bond acceptors (Lipinski definition) is 4. The second kappa shape index (κ2) is 6.30. The Labute approximate surface area is 144 Å². The van der Waals surface area contributed by atoms with Crippen molar-refractivity contribution in [2.75, 3.05) is 6.54 Å². The van der Waals surface area contributed by atoms with Gasteiger partial charge < -0.3 is 15.1 Å². The van der Waals surface area contributed by atoms with Gasteiger partial charge in [0.15, 0.2) is 0 Å². The van der Waals surface area contributed by atoms with Gasteiger partial charge in [0.1, 0.15) is 17.5 Å². The zero-order valence-electron chi connectivity index (χ0n) is 12.4. The minimum Gasteiger partial charge on any atom is -0.508 e. The first-order chi connectivity index (χ1) is 11.0. The predicted molar refractivity (Wildman–Crippen MR) is 92.6 cm³/mol. The van der Waals surface area contributed by atoms with Gasteiger partial charge >= 0.3 is 0 Å². The average Bonchev–Trinajstić information content (AvgIpc) is 2.91. The van der Waals surface area contributed by atoms with Crippen LogP contribution in [0, 0.1) is 0 Å². The molecule has 2 atom stereocenters. The molecule has 0 saturated heterocycles. The summed E-state index contributed by atoms with van der Waals surface area (Å²) in [5, 5.41) is 20.1. The lowest BCUT2D eigenvalue weighted by Crippen LogP contribution is -2.26. The predicted octanol–water partition coefficient (Wildman–Crippen LogP) is 4.55. The third-order valence-corrected chi connectivity index (χ3v) is 4.66. The smallest absolute Gasteiger partial charge is 0.117 e. The van der Waals surface area contributed by atoms with Crippen LogP contribution in [0.5, 0.6) is 11.5 Å². The number of nitrogens with zero attached hydrogens (tertiary/aromatic N) is 2.